The van der Waals surface area contributed by atoms with Gasteiger partial charge >= 0.3 is 0 Å². The van der Waals surface area contributed by atoms with E-state index in [2.05, 4.69) is 12.1 Å². The Hall–Kier alpha value is -2.99. The molecule has 3 aromatic carbocycles. The second kappa shape index (κ2) is 10.6. The molecular formula is C30H26Cl3NO4. The first-order valence-corrected chi connectivity index (χ1v) is 13.4. The quantitative estimate of drug-likeness (QED) is 0.188. The zero-order valence-electron chi connectivity index (χ0n) is 21.1. The Labute approximate surface area is 236 Å². The SMILES string of the molecule is CC(C)c1onc(-c2c(Cl)cccc2Cl)c1COc1ccc(C2(C)CC2c2cccc(OC=O)c2)c(Cl)c1. The molecule has 0 bridgehead atoms. The smallest absolute Gasteiger partial charge is 0.298 e. The molecule has 2 atom stereocenters. The van der Waals surface area contributed by atoms with Crippen molar-refractivity contribution in [1.29, 1.82) is 0 Å². The van der Waals surface area contributed by atoms with Crippen molar-refractivity contribution in [2.24, 2.45) is 0 Å². The normalized spacial score (nSPS) is 18.4. The number of nitrogens with zero attached hydrogens (tertiary/aromatic N) is 1. The largest absolute Gasteiger partial charge is 0.489 e. The molecule has 2 unspecified atom stereocenters. The Morgan fingerprint density at radius 2 is 1.76 bits per heavy atom. The molecule has 0 radical (unpaired) electrons. The van der Waals surface area contributed by atoms with E-state index >= 15 is 0 Å². The monoisotopic (exact) mass is 569 g/mol. The van der Waals surface area contributed by atoms with Gasteiger partial charge in [-0.1, -0.05) is 85.0 Å². The molecule has 4 aromatic rings. The summed E-state index contributed by atoms with van der Waals surface area (Å²) in [4.78, 5) is 10.7. The van der Waals surface area contributed by atoms with E-state index in [9.17, 15) is 4.79 Å². The van der Waals surface area contributed by atoms with Gasteiger partial charge in [-0.05, 0) is 59.9 Å². The molecule has 1 aromatic heterocycles. The fourth-order valence-corrected chi connectivity index (χ4v) is 6.01. The summed E-state index contributed by atoms with van der Waals surface area (Å²) in [7, 11) is 0. The zero-order chi connectivity index (χ0) is 27.0. The minimum Gasteiger partial charge on any atom is -0.489 e. The van der Waals surface area contributed by atoms with Crippen LogP contribution >= 0.6 is 34.8 Å². The molecule has 1 heterocycles. The molecule has 38 heavy (non-hydrogen) atoms. The Kier molecular flexibility index (Phi) is 7.45. The Balaban J connectivity index is 1.37. The molecule has 1 aliphatic rings. The molecule has 0 amide bonds. The lowest BCUT2D eigenvalue weighted by Gasteiger charge is -2.16. The minimum absolute atomic E-state index is 0.0873. The van der Waals surface area contributed by atoms with E-state index in [4.69, 9.17) is 48.8 Å². The molecule has 5 nitrogen and oxygen atoms in total. The summed E-state index contributed by atoms with van der Waals surface area (Å²) in [5.74, 6) is 2.24. The van der Waals surface area contributed by atoms with Gasteiger partial charge in [-0.25, -0.2) is 0 Å². The van der Waals surface area contributed by atoms with E-state index in [0.717, 1.165) is 23.1 Å². The highest BCUT2D eigenvalue weighted by atomic mass is 35.5. The molecular weight excluding hydrogens is 545 g/mol. The average Bonchev–Trinajstić information content (AvgIpc) is 3.39. The summed E-state index contributed by atoms with van der Waals surface area (Å²) < 4.78 is 16.9. The van der Waals surface area contributed by atoms with Gasteiger partial charge in [0.25, 0.3) is 6.47 Å². The Morgan fingerprint density at radius 3 is 2.45 bits per heavy atom. The highest BCUT2D eigenvalue weighted by Gasteiger charge is 2.53. The number of carbonyl (C=O) groups excluding carboxylic acids is 1. The van der Waals surface area contributed by atoms with E-state index in [1.54, 1.807) is 24.3 Å². The lowest BCUT2D eigenvalue weighted by Crippen LogP contribution is -2.06. The van der Waals surface area contributed by atoms with Crippen molar-refractivity contribution in [3.63, 3.8) is 0 Å². The maximum absolute atomic E-state index is 10.7. The summed E-state index contributed by atoms with van der Waals surface area (Å²) in [6.07, 6.45) is 0.942. The standard InChI is InChI=1S/C30H26Cl3NO4/c1-17(2)29-21(28(34-38-29)27-24(31)8-5-9-25(27)32)15-36-20-10-11-22(26(33)13-20)30(3)14-23(30)18-6-4-7-19(12-18)37-16-35/h4-13,16-17,23H,14-15H2,1-3H3. The van der Waals surface area contributed by atoms with Crippen LogP contribution in [0.3, 0.4) is 0 Å². The van der Waals surface area contributed by atoms with Crippen molar-refractivity contribution < 1.29 is 18.8 Å². The molecule has 1 aliphatic carbocycles. The first kappa shape index (κ1) is 26.6. The maximum atomic E-state index is 10.7. The van der Waals surface area contributed by atoms with Crippen LogP contribution in [-0.4, -0.2) is 11.6 Å². The first-order chi connectivity index (χ1) is 18.2. The lowest BCUT2D eigenvalue weighted by atomic mass is 9.92. The molecule has 0 spiro atoms. The number of hydrogen-bond acceptors (Lipinski definition) is 5. The van der Waals surface area contributed by atoms with Crippen LogP contribution in [0.2, 0.25) is 15.1 Å². The number of aromatic nitrogens is 1. The molecule has 1 fully saturated rings. The van der Waals surface area contributed by atoms with Gasteiger partial charge < -0.3 is 14.0 Å². The van der Waals surface area contributed by atoms with Crippen molar-refractivity contribution in [2.45, 2.75) is 51.0 Å². The second-order valence-corrected chi connectivity index (χ2v) is 11.2. The summed E-state index contributed by atoms with van der Waals surface area (Å²) in [6.45, 7) is 6.91. The third-order valence-electron chi connectivity index (χ3n) is 7.16. The number of rotatable bonds is 9. The van der Waals surface area contributed by atoms with E-state index in [1.165, 1.54) is 0 Å². The van der Waals surface area contributed by atoms with Crippen molar-refractivity contribution in [2.75, 3.05) is 0 Å². The van der Waals surface area contributed by atoms with Crippen LogP contribution in [0, 0.1) is 0 Å². The van der Waals surface area contributed by atoms with Crippen molar-refractivity contribution in [1.82, 2.24) is 5.16 Å². The molecule has 0 N–H and O–H groups in total. The molecule has 5 rings (SSSR count). The van der Waals surface area contributed by atoms with Gasteiger partial charge in [0.05, 0.1) is 15.6 Å². The summed E-state index contributed by atoms with van der Waals surface area (Å²) in [5.41, 5.74) is 4.02. The fourth-order valence-electron chi connectivity index (χ4n) is 5.05. The number of halogens is 3. The average molecular weight is 571 g/mol. The van der Waals surface area contributed by atoms with Crippen LogP contribution in [0.25, 0.3) is 11.3 Å². The third kappa shape index (κ3) is 5.03. The van der Waals surface area contributed by atoms with E-state index in [1.807, 2.05) is 50.2 Å². The molecule has 0 aliphatic heterocycles. The van der Waals surface area contributed by atoms with Crippen molar-refractivity contribution in [3.05, 3.63) is 98.2 Å². The van der Waals surface area contributed by atoms with Crippen LogP contribution in [0.4, 0.5) is 0 Å². The van der Waals surface area contributed by atoms with Gasteiger partial charge in [0.15, 0.2) is 0 Å². The molecule has 0 saturated heterocycles. The molecule has 1 saturated carbocycles. The van der Waals surface area contributed by atoms with Crippen LogP contribution in [0.1, 0.15) is 61.5 Å². The highest BCUT2D eigenvalue weighted by molar-refractivity contribution is 6.39. The molecule has 196 valence electrons. The third-order valence-corrected chi connectivity index (χ3v) is 8.11. The Morgan fingerprint density at radius 1 is 1.03 bits per heavy atom. The van der Waals surface area contributed by atoms with Gasteiger partial charge in [-0.15, -0.1) is 0 Å². The number of carbonyl (C=O) groups is 1. The topological polar surface area (TPSA) is 61.6 Å². The summed E-state index contributed by atoms with van der Waals surface area (Å²) in [5, 5.41) is 5.91. The predicted molar refractivity (Wildman–Crippen MR) is 150 cm³/mol. The van der Waals surface area contributed by atoms with E-state index in [-0.39, 0.29) is 23.9 Å². The summed E-state index contributed by atoms with van der Waals surface area (Å²) >= 11 is 19.7. The highest BCUT2D eigenvalue weighted by Crippen LogP contribution is 2.61. The van der Waals surface area contributed by atoms with Crippen LogP contribution in [0.15, 0.2) is 65.2 Å². The second-order valence-electron chi connectivity index (χ2n) is 10.0. The van der Waals surface area contributed by atoms with Gasteiger partial charge in [-0.2, -0.15) is 0 Å². The Bertz CT molecular complexity index is 1480. The number of benzene rings is 3. The van der Waals surface area contributed by atoms with Gasteiger partial charge in [0, 0.05) is 21.9 Å². The van der Waals surface area contributed by atoms with Crippen LogP contribution < -0.4 is 9.47 Å². The van der Waals surface area contributed by atoms with E-state index < -0.39 is 0 Å². The van der Waals surface area contributed by atoms with Crippen molar-refractivity contribution >= 4 is 41.3 Å². The fraction of sp³-hybridized carbons (Fsp3) is 0.267. The number of hydrogen-bond donors (Lipinski definition) is 0. The zero-order valence-corrected chi connectivity index (χ0v) is 23.4. The van der Waals surface area contributed by atoms with Crippen LogP contribution in [0.5, 0.6) is 11.5 Å². The van der Waals surface area contributed by atoms with Gasteiger partial charge in [0.2, 0.25) is 0 Å². The molecule has 8 heteroatoms. The predicted octanol–water partition coefficient (Wildman–Crippen LogP) is 8.98. The maximum Gasteiger partial charge on any atom is 0.298 e. The van der Waals surface area contributed by atoms with Crippen molar-refractivity contribution in [3.8, 4) is 22.8 Å². The summed E-state index contributed by atoms with van der Waals surface area (Å²) in [6, 6.07) is 18.7. The lowest BCUT2D eigenvalue weighted by molar-refractivity contribution is -0.120. The van der Waals surface area contributed by atoms with E-state index in [0.29, 0.717) is 50.1 Å². The number of ether oxygens (including phenoxy) is 2. The van der Waals surface area contributed by atoms with Gasteiger partial charge in [-0.3, -0.25) is 4.79 Å². The van der Waals surface area contributed by atoms with Gasteiger partial charge in [0.1, 0.15) is 29.6 Å². The minimum atomic E-state index is -0.122. The first-order valence-electron chi connectivity index (χ1n) is 12.3. The van der Waals surface area contributed by atoms with Crippen LogP contribution in [-0.2, 0) is 16.8 Å².